The molecule has 0 fully saturated rings. The lowest BCUT2D eigenvalue weighted by Gasteiger charge is -2.06. The molecule has 0 amide bonds. The molecule has 3 aromatic rings. The van der Waals surface area contributed by atoms with Gasteiger partial charge in [0.05, 0.1) is 0 Å². The Morgan fingerprint density at radius 1 is 0.857 bits per heavy atom. The summed E-state index contributed by atoms with van der Waals surface area (Å²) in [5, 5.41) is 2.35. The standard InChI is InChI=1S/C20H18O/c1-2-15-10-12-17(13-11-15)20(21)14-18-8-5-7-16-6-3-4-9-19(16)18/h3-13H,2,14H2,1H3. The second-order valence-electron chi connectivity index (χ2n) is 5.29. The fraction of sp³-hybridized carbons (Fsp3) is 0.150. The molecule has 3 rings (SSSR count). The monoisotopic (exact) mass is 274 g/mol. The Hall–Kier alpha value is -2.41. The lowest BCUT2D eigenvalue weighted by molar-refractivity contribution is 0.0993. The van der Waals surface area contributed by atoms with Crippen molar-refractivity contribution in [2.45, 2.75) is 19.8 Å². The van der Waals surface area contributed by atoms with Gasteiger partial charge in [0.25, 0.3) is 0 Å². The molecule has 0 aromatic heterocycles. The van der Waals surface area contributed by atoms with Crippen LogP contribution in [0.3, 0.4) is 0 Å². The molecule has 1 nitrogen and oxygen atoms in total. The smallest absolute Gasteiger partial charge is 0.167 e. The first-order valence-corrected chi connectivity index (χ1v) is 7.36. The van der Waals surface area contributed by atoms with Gasteiger partial charge in [0, 0.05) is 12.0 Å². The van der Waals surface area contributed by atoms with Gasteiger partial charge in [-0.2, -0.15) is 0 Å². The van der Waals surface area contributed by atoms with E-state index in [1.807, 2.05) is 48.5 Å². The van der Waals surface area contributed by atoms with Crippen molar-refractivity contribution >= 4 is 16.6 Å². The predicted molar refractivity (Wildman–Crippen MR) is 87.8 cm³/mol. The van der Waals surface area contributed by atoms with Gasteiger partial charge in [-0.05, 0) is 28.3 Å². The summed E-state index contributed by atoms with van der Waals surface area (Å²) in [6, 6.07) is 22.3. The van der Waals surface area contributed by atoms with Gasteiger partial charge in [0.15, 0.2) is 5.78 Å². The van der Waals surface area contributed by atoms with E-state index in [1.54, 1.807) is 0 Å². The van der Waals surface area contributed by atoms with E-state index in [1.165, 1.54) is 16.3 Å². The number of ketones is 1. The molecule has 104 valence electrons. The van der Waals surface area contributed by atoms with Crippen LogP contribution < -0.4 is 0 Å². The summed E-state index contributed by atoms with van der Waals surface area (Å²) in [6.07, 6.45) is 1.45. The van der Waals surface area contributed by atoms with E-state index in [-0.39, 0.29) is 5.78 Å². The summed E-state index contributed by atoms with van der Waals surface area (Å²) in [5.74, 6) is 0.175. The van der Waals surface area contributed by atoms with Gasteiger partial charge in [0.2, 0.25) is 0 Å². The van der Waals surface area contributed by atoms with Gasteiger partial charge in [-0.15, -0.1) is 0 Å². The number of carbonyl (C=O) groups excluding carboxylic acids is 1. The summed E-state index contributed by atoms with van der Waals surface area (Å²) in [6.45, 7) is 2.12. The zero-order valence-corrected chi connectivity index (χ0v) is 12.2. The van der Waals surface area contributed by atoms with Crippen molar-refractivity contribution in [2.24, 2.45) is 0 Å². The van der Waals surface area contributed by atoms with Crippen LogP contribution in [0.15, 0.2) is 66.7 Å². The van der Waals surface area contributed by atoms with Crippen molar-refractivity contribution in [1.29, 1.82) is 0 Å². The third-order valence-corrected chi connectivity index (χ3v) is 3.92. The van der Waals surface area contributed by atoms with Gasteiger partial charge < -0.3 is 0 Å². The second kappa shape index (κ2) is 5.92. The van der Waals surface area contributed by atoms with Crippen LogP contribution >= 0.6 is 0 Å². The molecule has 0 N–H and O–H groups in total. The largest absolute Gasteiger partial charge is 0.294 e. The van der Waals surface area contributed by atoms with Crippen LogP contribution in [0.2, 0.25) is 0 Å². The van der Waals surface area contributed by atoms with Crippen LogP contribution in [0.1, 0.15) is 28.4 Å². The third kappa shape index (κ3) is 2.87. The molecule has 0 bridgehead atoms. The van der Waals surface area contributed by atoms with E-state index in [2.05, 4.69) is 25.1 Å². The number of aryl methyl sites for hydroxylation is 1. The zero-order valence-electron chi connectivity index (χ0n) is 12.2. The van der Waals surface area contributed by atoms with Crippen molar-refractivity contribution in [3.8, 4) is 0 Å². The Kier molecular flexibility index (Phi) is 3.83. The van der Waals surface area contributed by atoms with Crippen molar-refractivity contribution in [2.75, 3.05) is 0 Å². The molecule has 0 spiro atoms. The third-order valence-electron chi connectivity index (χ3n) is 3.92. The van der Waals surface area contributed by atoms with Crippen LogP contribution in [0, 0.1) is 0 Å². The Balaban J connectivity index is 1.89. The number of carbonyl (C=O) groups is 1. The summed E-state index contributed by atoms with van der Waals surface area (Å²) >= 11 is 0. The van der Waals surface area contributed by atoms with Gasteiger partial charge in [0.1, 0.15) is 0 Å². The predicted octanol–water partition coefficient (Wildman–Crippen LogP) is 4.83. The van der Waals surface area contributed by atoms with Crippen molar-refractivity contribution in [1.82, 2.24) is 0 Å². The normalized spacial score (nSPS) is 10.7. The first kappa shape index (κ1) is 13.6. The molecule has 0 aliphatic heterocycles. The number of benzene rings is 3. The van der Waals surface area contributed by atoms with E-state index >= 15 is 0 Å². The van der Waals surface area contributed by atoms with E-state index in [0.717, 1.165) is 17.5 Å². The number of rotatable bonds is 4. The van der Waals surface area contributed by atoms with E-state index in [0.29, 0.717) is 6.42 Å². The minimum atomic E-state index is 0.175. The topological polar surface area (TPSA) is 17.1 Å². The Bertz CT molecular complexity index is 764. The minimum absolute atomic E-state index is 0.175. The molecule has 0 aliphatic carbocycles. The maximum Gasteiger partial charge on any atom is 0.167 e. The minimum Gasteiger partial charge on any atom is -0.294 e. The molecule has 3 aromatic carbocycles. The summed E-state index contributed by atoms with van der Waals surface area (Å²) < 4.78 is 0. The van der Waals surface area contributed by atoms with Gasteiger partial charge >= 0.3 is 0 Å². The van der Waals surface area contributed by atoms with Crippen LogP contribution in [0.25, 0.3) is 10.8 Å². The zero-order chi connectivity index (χ0) is 14.7. The highest BCUT2D eigenvalue weighted by atomic mass is 16.1. The second-order valence-corrected chi connectivity index (χ2v) is 5.29. The van der Waals surface area contributed by atoms with Crippen LogP contribution in [0.5, 0.6) is 0 Å². The quantitative estimate of drug-likeness (QED) is 0.623. The maximum absolute atomic E-state index is 12.5. The van der Waals surface area contributed by atoms with E-state index in [4.69, 9.17) is 0 Å². The number of Topliss-reactive ketones (excluding diaryl/α,β-unsaturated/α-hetero) is 1. The van der Waals surface area contributed by atoms with Crippen LogP contribution in [-0.4, -0.2) is 5.78 Å². The highest BCUT2D eigenvalue weighted by molar-refractivity contribution is 6.00. The molecule has 0 saturated heterocycles. The molecule has 0 atom stereocenters. The van der Waals surface area contributed by atoms with Gasteiger partial charge in [-0.3, -0.25) is 4.79 Å². The van der Waals surface area contributed by atoms with Gasteiger partial charge in [-0.1, -0.05) is 73.7 Å². The van der Waals surface area contributed by atoms with Crippen molar-refractivity contribution < 1.29 is 4.79 Å². The first-order valence-electron chi connectivity index (χ1n) is 7.36. The number of fused-ring (bicyclic) bond motifs is 1. The molecule has 0 radical (unpaired) electrons. The molecule has 0 saturated carbocycles. The molecular weight excluding hydrogens is 256 g/mol. The fourth-order valence-corrected chi connectivity index (χ4v) is 2.65. The summed E-state index contributed by atoms with van der Waals surface area (Å²) in [4.78, 5) is 12.5. The Labute approximate surface area is 125 Å². The fourth-order valence-electron chi connectivity index (χ4n) is 2.65. The highest BCUT2D eigenvalue weighted by Gasteiger charge is 2.09. The summed E-state index contributed by atoms with van der Waals surface area (Å²) in [7, 11) is 0. The summed E-state index contributed by atoms with van der Waals surface area (Å²) in [5.41, 5.74) is 3.15. The maximum atomic E-state index is 12.5. The van der Waals surface area contributed by atoms with Crippen molar-refractivity contribution in [3.63, 3.8) is 0 Å². The molecule has 0 unspecified atom stereocenters. The van der Waals surface area contributed by atoms with Gasteiger partial charge in [-0.25, -0.2) is 0 Å². The average molecular weight is 274 g/mol. The molecular formula is C20H18O. The van der Waals surface area contributed by atoms with E-state index < -0.39 is 0 Å². The first-order chi connectivity index (χ1) is 10.3. The van der Waals surface area contributed by atoms with E-state index in [9.17, 15) is 4.79 Å². The number of hydrogen-bond donors (Lipinski definition) is 0. The SMILES string of the molecule is CCc1ccc(C(=O)Cc2cccc3ccccc23)cc1. The lowest BCUT2D eigenvalue weighted by Crippen LogP contribution is -2.04. The highest BCUT2D eigenvalue weighted by Crippen LogP contribution is 2.20. The number of hydrogen-bond acceptors (Lipinski definition) is 1. The molecule has 0 heterocycles. The van der Waals surface area contributed by atoms with Crippen molar-refractivity contribution in [3.05, 3.63) is 83.4 Å². The Morgan fingerprint density at radius 2 is 1.57 bits per heavy atom. The van der Waals surface area contributed by atoms with Crippen LogP contribution in [-0.2, 0) is 12.8 Å². The average Bonchev–Trinajstić information content (AvgIpc) is 2.55. The molecule has 21 heavy (non-hydrogen) atoms. The lowest BCUT2D eigenvalue weighted by atomic mass is 9.97. The molecule has 0 aliphatic rings. The molecule has 1 heteroatoms. The Morgan fingerprint density at radius 3 is 2.33 bits per heavy atom. The van der Waals surface area contributed by atoms with Crippen LogP contribution in [0.4, 0.5) is 0 Å².